The average Bonchev–Trinajstić information content (AvgIpc) is 2.33. The molecule has 0 spiro atoms. The molecule has 82 valence electrons. The summed E-state index contributed by atoms with van der Waals surface area (Å²) in [6.07, 6.45) is 0. The highest BCUT2D eigenvalue weighted by atomic mass is 31.1. The summed E-state index contributed by atoms with van der Waals surface area (Å²) >= 11 is 0. The van der Waals surface area contributed by atoms with E-state index < -0.39 is 0 Å². The lowest BCUT2D eigenvalue weighted by molar-refractivity contribution is 0.343. The zero-order chi connectivity index (χ0) is 11.2. The second kappa shape index (κ2) is 5.67. The zero-order valence-corrected chi connectivity index (χ0v) is 10.3. The molecule has 1 unspecified atom stereocenters. The molecule has 0 heterocycles. The highest BCUT2D eigenvalue weighted by molar-refractivity contribution is 7.55. The molecule has 0 aliphatic carbocycles. The maximum Gasteiger partial charge on any atom is 0.126 e. The minimum absolute atomic E-state index is 0.660. The van der Waals surface area contributed by atoms with Crippen LogP contribution in [0, 0.1) is 0 Å². The Kier molecular flexibility index (Phi) is 3.96. The van der Waals surface area contributed by atoms with Crippen molar-refractivity contribution in [1.82, 2.24) is 0 Å². The van der Waals surface area contributed by atoms with Crippen LogP contribution in [0.5, 0.6) is 5.75 Å². The van der Waals surface area contributed by atoms with Gasteiger partial charge in [-0.05, 0) is 18.3 Å². The monoisotopic (exact) mass is 230 g/mol. The summed E-state index contributed by atoms with van der Waals surface area (Å²) < 4.78 is 5.62. The van der Waals surface area contributed by atoms with E-state index in [2.05, 4.69) is 36.4 Å². The molecule has 0 aliphatic rings. The van der Waals surface area contributed by atoms with Crippen molar-refractivity contribution in [2.24, 2.45) is 0 Å². The molecule has 0 aromatic heterocycles. The van der Waals surface area contributed by atoms with Crippen molar-refractivity contribution in [2.45, 2.75) is 6.92 Å². The summed E-state index contributed by atoms with van der Waals surface area (Å²) in [4.78, 5) is 0. The topological polar surface area (TPSA) is 9.23 Å². The van der Waals surface area contributed by atoms with Crippen LogP contribution in [0.25, 0.3) is 0 Å². The maximum atomic E-state index is 5.62. The Hall–Kier alpha value is -1.33. The third-order valence-corrected chi connectivity index (χ3v) is 3.54. The van der Waals surface area contributed by atoms with Crippen LogP contribution in [0.4, 0.5) is 0 Å². The molecular formula is C14H15OP. The van der Waals surface area contributed by atoms with Crippen molar-refractivity contribution in [2.75, 3.05) is 6.61 Å². The maximum absolute atomic E-state index is 5.62. The van der Waals surface area contributed by atoms with Crippen molar-refractivity contribution in [3.8, 4) is 5.75 Å². The molecule has 0 fully saturated rings. The Labute approximate surface area is 98.2 Å². The molecule has 16 heavy (non-hydrogen) atoms. The summed E-state index contributed by atoms with van der Waals surface area (Å²) in [5.74, 6) is 1.01. The first-order valence-corrected chi connectivity index (χ1v) is 6.44. The second-order valence-corrected chi connectivity index (χ2v) is 4.79. The van der Waals surface area contributed by atoms with Gasteiger partial charge in [-0.3, -0.25) is 0 Å². The molecule has 0 N–H and O–H groups in total. The van der Waals surface area contributed by atoms with Crippen molar-refractivity contribution in [3.63, 3.8) is 0 Å². The van der Waals surface area contributed by atoms with Crippen LogP contribution < -0.4 is 15.3 Å². The number of benzene rings is 2. The number of ether oxygens (including phenoxy) is 1. The van der Waals surface area contributed by atoms with E-state index in [1.165, 1.54) is 10.6 Å². The van der Waals surface area contributed by atoms with Gasteiger partial charge in [0.05, 0.1) is 6.61 Å². The fourth-order valence-corrected chi connectivity index (χ4v) is 2.66. The van der Waals surface area contributed by atoms with Crippen LogP contribution in [0.15, 0.2) is 54.6 Å². The van der Waals surface area contributed by atoms with Crippen molar-refractivity contribution in [3.05, 3.63) is 54.6 Å². The van der Waals surface area contributed by atoms with Crippen molar-refractivity contribution < 1.29 is 4.74 Å². The smallest absolute Gasteiger partial charge is 0.126 e. The third-order valence-electron chi connectivity index (χ3n) is 2.24. The molecule has 0 aliphatic heterocycles. The van der Waals surface area contributed by atoms with Gasteiger partial charge in [0.15, 0.2) is 0 Å². The van der Waals surface area contributed by atoms with E-state index >= 15 is 0 Å². The molecule has 2 aromatic carbocycles. The molecule has 2 rings (SSSR count). The molecular weight excluding hydrogens is 215 g/mol. The Morgan fingerprint density at radius 2 is 1.62 bits per heavy atom. The van der Waals surface area contributed by atoms with Gasteiger partial charge in [-0.2, -0.15) is 0 Å². The molecule has 2 aromatic rings. The van der Waals surface area contributed by atoms with Gasteiger partial charge in [0, 0.05) is 5.30 Å². The Bertz CT molecular complexity index is 439. The molecule has 0 bridgehead atoms. The average molecular weight is 230 g/mol. The minimum Gasteiger partial charge on any atom is -0.493 e. The summed E-state index contributed by atoms with van der Waals surface area (Å²) in [6.45, 7) is 2.73. The summed E-state index contributed by atoms with van der Waals surface area (Å²) in [6, 6.07) is 18.8. The first-order chi connectivity index (χ1) is 7.90. The second-order valence-electron chi connectivity index (χ2n) is 3.42. The highest BCUT2D eigenvalue weighted by Crippen LogP contribution is 2.18. The molecule has 0 amide bonds. The van der Waals surface area contributed by atoms with E-state index in [0.29, 0.717) is 8.58 Å². The lowest BCUT2D eigenvalue weighted by atomic mass is 10.3. The molecule has 0 radical (unpaired) electrons. The number of hydrogen-bond acceptors (Lipinski definition) is 1. The number of rotatable bonds is 4. The highest BCUT2D eigenvalue weighted by Gasteiger charge is 2.02. The van der Waals surface area contributed by atoms with E-state index in [0.717, 1.165) is 12.4 Å². The quantitative estimate of drug-likeness (QED) is 0.734. The van der Waals surface area contributed by atoms with Gasteiger partial charge in [-0.1, -0.05) is 57.1 Å². The van der Waals surface area contributed by atoms with Crippen molar-refractivity contribution in [1.29, 1.82) is 0 Å². The van der Waals surface area contributed by atoms with Crippen LogP contribution >= 0.6 is 8.58 Å². The Balaban J connectivity index is 2.21. The molecule has 2 heteroatoms. The van der Waals surface area contributed by atoms with Gasteiger partial charge < -0.3 is 4.74 Å². The van der Waals surface area contributed by atoms with Crippen LogP contribution in [0.1, 0.15) is 6.92 Å². The summed E-state index contributed by atoms with van der Waals surface area (Å²) in [5, 5.41) is 2.62. The predicted molar refractivity (Wildman–Crippen MR) is 71.6 cm³/mol. The van der Waals surface area contributed by atoms with Crippen molar-refractivity contribution >= 4 is 19.2 Å². The standard InChI is InChI=1S/C14H15OP/c1-2-15-13-10-6-7-11-14(13)16-12-8-4-3-5-9-12/h3-11,16H,2H2,1H3. The Morgan fingerprint density at radius 1 is 0.938 bits per heavy atom. The SMILES string of the molecule is CCOc1ccccc1Pc1ccccc1. The normalized spacial score (nSPS) is 10.8. The molecule has 0 saturated heterocycles. The fourth-order valence-electron chi connectivity index (χ4n) is 1.53. The molecule has 1 nitrogen and oxygen atoms in total. The van der Waals surface area contributed by atoms with E-state index in [9.17, 15) is 0 Å². The first kappa shape index (κ1) is 11.2. The lowest BCUT2D eigenvalue weighted by Gasteiger charge is -2.09. The lowest BCUT2D eigenvalue weighted by Crippen LogP contribution is -2.07. The number of hydrogen-bond donors (Lipinski definition) is 0. The summed E-state index contributed by atoms with van der Waals surface area (Å²) in [7, 11) is 0.660. The van der Waals surface area contributed by atoms with E-state index in [1.807, 2.05) is 25.1 Å². The van der Waals surface area contributed by atoms with Gasteiger partial charge in [0.25, 0.3) is 0 Å². The van der Waals surface area contributed by atoms with E-state index in [-0.39, 0.29) is 0 Å². The van der Waals surface area contributed by atoms with Crippen LogP contribution in [-0.4, -0.2) is 6.61 Å². The van der Waals surface area contributed by atoms with E-state index in [4.69, 9.17) is 4.74 Å². The largest absolute Gasteiger partial charge is 0.493 e. The van der Waals surface area contributed by atoms with Crippen LogP contribution in [-0.2, 0) is 0 Å². The Morgan fingerprint density at radius 3 is 2.38 bits per heavy atom. The van der Waals surface area contributed by atoms with Gasteiger partial charge in [-0.25, -0.2) is 0 Å². The predicted octanol–water partition coefficient (Wildman–Crippen LogP) is 2.71. The van der Waals surface area contributed by atoms with Gasteiger partial charge in [-0.15, -0.1) is 0 Å². The zero-order valence-electron chi connectivity index (χ0n) is 9.31. The minimum atomic E-state index is 0.660. The van der Waals surface area contributed by atoms with Gasteiger partial charge >= 0.3 is 0 Å². The number of para-hydroxylation sites is 1. The molecule has 1 atom stereocenters. The summed E-state index contributed by atoms with van der Waals surface area (Å²) in [5.41, 5.74) is 0. The third kappa shape index (κ3) is 2.84. The van der Waals surface area contributed by atoms with Crippen LogP contribution in [0.2, 0.25) is 0 Å². The first-order valence-electron chi connectivity index (χ1n) is 5.44. The van der Waals surface area contributed by atoms with Gasteiger partial charge in [0.1, 0.15) is 5.75 Å². The van der Waals surface area contributed by atoms with E-state index in [1.54, 1.807) is 0 Å². The molecule has 0 saturated carbocycles. The fraction of sp³-hybridized carbons (Fsp3) is 0.143. The van der Waals surface area contributed by atoms with Gasteiger partial charge in [0.2, 0.25) is 0 Å². The van der Waals surface area contributed by atoms with Crippen LogP contribution in [0.3, 0.4) is 0 Å².